The van der Waals surface area contributed by atoms with Gasteiger partial charge in [0, 0.05) is 29.5 Å². The van der Waals surface area contributed by atoms with E-state index in [0.717, 1.165) is 53.8 Å². The quantitative estimate of drug-likeness (QED) is 0.359. The summed E-state index contributed by atoms with van der Waals surface area (Å²) in [6.07, 6.45) is 6.70. The molecule has 2 fully saturated rings. The van der Waals surface area contributed by atoms with E-state index in [2.05, 4.69) is 31.2 Å². The minimum Gasteiger partial charge on any atom is -0.481 e. The molecule has 4 rings (SSSR count). The number of carboxylic acids is 1. The van der Waals surface area contributed by atoms with Gasteiger partial charge in [-0.15, -0.1) is 0 Å². The number of aliphatic carboxylic acids is 1. The Hall–Kier alpha value is -2.63. The Morgan fingerprint density at radius 2 is 1.89 bits per heavy atom. The Labute approximate surface area is 208 Å². The number of nitrogens with one attached hydrogen (secondary N) is 1. The highest BCUT2D eigenvalue weighted by Gasteiger charge is 2.42. The zero-order valence-electron chi connectivity index (χ0n) is 21.8. The van der Waals surface area contributed by atoms with E-state index in [1.165, 1.54) is 12.8 Å². The van der Waals surface area contributed by atoms with Crippen LogP contribution < -0.4 is 5.32 Å². The average Bonchev–Trinajstić information content (AvgIpc) is 3.50. The molecule has 35 heavy (non-hydrogen) atoms. The fourth-order valence-corrected chi connectivity index (χ4v) is 5.59. The van der Waals surface area contributed by atoms with E-state index in [-0.39, 0.29) is 18.7 Å². The summed E-state index contributed by atoms with van der Waals surface area (Å²) in [7, 11) is 0. The second kappa shape index (κ2) is 10.2. The summed E-state index contributed by atoms with van der Waals surface area (Å²) in [6, 6.07) is 5.87. The van der Waals surface area contributed by atoms with E-state index in [0.29, 0.717) is 28.9 Å². The van der Waals surface area contributed by atoms with Gasteiger partial charge in [-0.05, 0) is 74.8 Å². The highest BCUT2D eigenvalue weighted by atomic mass is 16.5. The maximum absolute atomic E-state index is 13.0. The third kappa shape index (κ3) is 6.14. The van der Waals surface area contributed by atoms with Crippen LogP contribution in [0.2, 0.25) is 0 Å². The SMILES string of the molecule is CCC(C)(C)CC1CC(c2onc([C@@H](CC(=O)O)CC(=O)Nc3ccc(C)cc3C)c2C2CC2)C1. The average molecular weight is 481 g/mol. The van der Waals surface area contributed by atoms with E-state index in [1.54, 1.807) is 0 Å². The molecular formula is C29H40N2O4. The van der Waals surface area contributed by atoms with Gasteiger partial charge in [-0.2, -0.15) is 0 Å². The molecule has 1 aromatic carbocycles. The summed E-state index contributed by atoms with van der Waals surface area (Å²) < 4.78 is 5.93. The number of benzene rings is 1. The first-order valence-corrected chi connectivity index (χ1v) is 13.1. The van der Waals surface area contributed by atoms with Gasteiger partial charge in [-0.3, -0.25) is 9.59 Å². The zero-order valence-corrected chi connectivity index (χ0v) is 21.8. The van der Waals surface area contributed by atoms with Crippen LogP contribution in [0, 0.1) is 25.2 Å². The predicted molar refractivity (Wildman–Crippen MR) is 137 cm³/mol. The van der Waals surface area contributed by atoms with E-state index in [1.807, 2.05) is 32.0 Å². The van der Waals surface area contributed by atoms with E-state index >= 15 is 0 Å². The third-order valence-electron chi connectivity index (χ3n) is 8.07. The number of carboxylic acid groups (broad SMARTS) is 1. The van der Waals surface area contributed by atoms with Crippen LogP contribution in [-0.4, -0.2) is 22.1 Å². The first-order valence-electron chi connectivity index (χ1n) is 13.1. The van der Waals surface area contributed by atoms with E-state index < -0.39 is 11.9 Å². The normalized spacial score (nSPS) is 20.8. The van der Waals surface area contributed by atoms with Crippen LogP contribution in [0.5, 0.6) is 0 Å². The second-order valence-corrected chi connectivity index (χ2v) is 11.7. The second-order valence-electron chi connectivity index (χ2n) is 11.7. The first-order chi connectivity index (χ1) is 16.6. The number of carbonyl (C=O) groups is 2. The molecule has 0 radical (unpaired) electrons. The molecule has 2 aromatic rings. The smallest absolute Gasteiger partial charge is 0.304 e. The van der Waals surface area contributed by atoms with Crippen LogP contribution in [0.1, 0.15) is 118 Å². The van der Waals surface area contributed by atoms with Gasteiger partial charge < -0.3 is 14.9 Å². The fourth-order valence-electron chi connectivity index (χ4n) is 5.59. The number of hydrogen-bond donors (Lipinski definition) is 2. The van der Waals surface area contributed by atoms with Crippen LogP contribution in [-0.2, 0) is 9.59 Å². The molecule has 6 nitrogen and oxygen atoms in total. The first kappa shape index (κ1) is 25.5. The lowest BCUT2D eigenvalue weighted by atomic mass is 9.66. The number of aryl methyl sites for hydroxylation is 2. The van der Waals surface area contributed by atoms with Crippen molar-refractivity contribution in [2.75, 3.05) is 5.32 Å². The molecule has 6 heteroatoms. The van der Waals surface area contributed by atoms with Gasteiger partial charge in [0.1, 0.15) is 5.76 Å². The number of anilines is 1. The molecule has 0 unspecified atom stereocenters. The largest absolute Gasteiger partial charge is 0.481 e. The molecular weight excluding hydrogens is 440 g/mol. The molecule has 2 aliphatic carbocycles. The Bertz CT molecular complexity index is 1080. The van der Waals surface area contributed by atoms with Gasteiger partial charge in [-0.25, -0.2) is 0 Å². The van der Waals surface area contributed by atoms with Gasteiger partial charge in [0.2, 0.25) is 5.91 Å². The lowest BCUT2D eigenvalue weighted by molar-refractivity contribution is -0.137. The molecule has 1 amide bonds. The molecule has 1 atom stereocenters. The number of nitrogens with zero attached hydrogens (tertiary/aromatic N) is 1. The van der Waals surface area contributed by atoms with Crippen LogP contribution in [0.15, 0.2) is 22.7 Å². The maximum Gasteiger partial charge on any atom is 0.304 e. The van der Waals surface area contributed by atoms with Crippen molar-refractivity contribution in [3.8, 4) is 0 Å². The van der Waals surface area contributed by atoms with Gasteiger partial charge in [0.15, 0.2) is 0 Å². The molecule has 0 saturated heterocycles. The molecule has 2 saturated carbocycles. The topological polar surface area (TPSA) is 92.4 Å². The molecule has 0 bridgehead atoms. The minimum absolute atomic E-state index is 0.0727. The fraction of sp³-hybridized carbons (Fsp3) is 0.621. The summed E-state index contributed by atoms with van der Waals surface area (Å²) in [5.74, 6) is 0.787. The van der Waals surface area contributed by atoms with Crippen LogP contribution in [0.4, 0.5) is 5.69 Å². The van der Waals surface area contributed by atoms with Gasteiger partial charge in [0.25, 0.3) is 0 Å². The van der Waals surface area contributed by atoms with Crippen molar-refractivity contribution in [3.05, 3.63) is 46.3 Å². The number of carbonyl (C=O) groups excluding carboxylic acids is 1. The van der Waals surface area contributed by atoms with Crippen molar-refractivity contribution in [2.24, 2.45) is 11.3 Å². The molecule has 1 heterocycles. The number of hydrogen-bond acceptors (Lipinski definition) is 4. The van der Waals surface area contributed by atoms with Crippen molar-refractivity contribution in [1.29, 1.82) is 0 Å². The highest BCUT2D eigenvalue weighted by molar-refractivity contribution is 5.92. The number of rotatable bonds is 11. The van der Waals surface area contributed by atoms with Gasteiger partial charge in [0.05, 0.1) is 12.1 Å². The highest BCUT2D eigenvalue weighted by Crippen LogP contribution is 2.53. The summed E-state index contributed by atoms with van der Waals surface area (Å²) in [5, 5.41) is 17.0. The minimum atomic E-state index is -0.925. The standard InChI is InChI=1S/C29H40N2O4/c1-6-29(4,5)16-19-12-22(13-19)28-26(20-8-9-20)27(31-35-28)21(15-25(33)34)14-24(32)30-23-10-7-17(2)11-18(23)3/h7,10-11,19-22H,6,8-9,12-16H2,1-5H3,(H,30,32)(H,33,34)/t19?,21-,22?/m1/s1. The molecule has 2 aliphatic rings. The monoisotopic (exact) mass is 480 g/mol. The van der Waals surface area contributed by atoms with Crippen molar-refractivity contribution >= 4 is 17.6 Å². The van der Waals surface area contributed by atoms with Crippen molar-refractivity contribution < 1.29 is 19.2 Å². The Morgan fingerprint density at radius 1 is 1.17 bits per heavy atom. The molecule has 0 spiro atoms. The predicted octanol–water partition coefficient (Wildman–Crippen LogP) is 7.08. The Balaban J connectivity index is 1.50. The summed E-state index contributed by atoms with van der Waals surface area (Å²) >= 11 is 0. The molecule has 1 aromatic heterocycles. The van der Waals surface area contributed by atoms with E-state index in [4.69, 9.17) is 4.52 Å². The molecule has 2 N–H and O–H groups in total. The van der Waals surface area contributed by atoms with Crippen molar-refractivity contribution in [2.45, 2.75) is 104 Å². The lowest BCUT2D eigenvalue weighted by Crippen LogP contribution is -2.27. The lowest BCUT2D eigenvalue weighted by Gasteiger charge is -2.39. The summed E-state index contributed by atoms with van der Waals surface area (Å²) in [5.41, 5.74) is 5.03. The van der Waals surface area contributed by atoms with Gasteiger partial charge in [-0.1, -0.05) is 50.0 Å². The van der Waals surface area contributed by atoms with E-state index in [9.17, 15) is 14.7 Å². The number of aromatic nitrogens is 1. The summed E-state index contributed by atoms with van der Waals surface area (Å²) in [4.78, 5) is 24.7. The summed E-state index contributed by atoms with van der Waals surface area (Å²) in [6.45, 7) is 10.9. The third-order valence-corrected chi connectivity index (χ3v) is 8.07. The van der Waals surface area contributed by atoms with Crippen LogP contribution in [0.3, 0.4) is 0 Å². The Kier molecular flexibility index (Phi) is 7.39. The van der Waals surface area contributed by atoms with Crippen molar-refractivity contribution in [3.63, 3.8) is 0 Å². The van der Waals surface area contributed by atoms with Crippen LogP contribution >= 0.6 is 0 Å². The van der Waals surface area contributed by atoms with Crippen LogP contribution in [0.25, 0.3) is 0 Å². The Morgan fingerprint density at radius 3 is 2.49 bits per heavy atom. The van der Waals surface area contributed by atoms with Gasteiger partial charge >= 0.3 is 5.97 Å². The molecule has 0 aliphatic heterocycles. The number of amides is 1. The molecule has 190 valence electrons. The van der Waals surface area contributed by atoms with Crippen molar-refractivity contribution in [1.82, 2.24) is 5.16 Å². The maximum atomic E-state index is 13.0. The zero-order chi connectivity index (χ0) is 25.3.